The van der Waals surface area contributed by atoms with Crippen molar-refractivity contribution in [3.05, 3.63) is 71.6 Å². The molecule has 0 bridgehead atoms. The maximum Gasteiger partial charge on any atom is 0.471 e. The summed E-state index contributed by atoms with van der Waals surface area (Å²) in [6, 6.07) is 13.9. The average molecular weight is 425 g/mol. The van der Waals surface area contributed by atoms with Crippen LogP contribution in [0.5, 0.6) is 0 Å². The maximum atomic E-state index is 12.5. The van der Waals surface area contributed by atoms with Crippen molar-refractivity contribution in [3.63, 3.8) is 0 Å². The minimum atomic E-state index is -4.75. The van der Waals surface area contributed by atoms with Crippen molar-refractivity contribution in [2.24, 2.45) is 0 Å². The number of sulfonamides is 1. The van der Waals surface area contributed by atoms with E-state index >= 15 is 0 Å². The first-order chi connectivity index (χ1) is 13.6. The second kappa shape index (κ2) is 8.13. The lowest BCUT2D eigenvalue weighted by molar-refractivity contribution is -0.159. The molecule has 0 saturated carbocycles. The number of nitrogens with zero attached hydrogens (tertiary/aromatic N) is 2. The predicted octanol–water partition coefficient (Wildman–Crippen LogP) is 3.06. The molecule has 1 aromatic heterocycles. The standard InChI is InChI=1S/C18H14F3N3O4S/c19-18(20,21)17-23-16(24-28-17)14-8-6-13(7-9-14)15(25)10-22-29(26,27)11-12-4-2-1-3-5-12/h1-9,22H,10-11H2. The third-order valence-electron chi connectivity index (χ3n) is 3.79. The molecule has 3 rings (SSSR count). The Morgan fingerprint density at radius 1 is 1.03 bits per heavy atom. The molecule has 0 atom stereocenters. The third-order valence-corrected chi connectivity index (χ3v) is 5.08. The Bertz CT molecular complexity index is 1100. The van der Waals surface area contributed by atoms with Gasteiger partial charge in [-0.25, -0.2) is 13.1 Å². The van der Waals surface area contributed by atoms with Crippen molar-refractivity contribution in [2.75, 3.05) is 6.54 Å². The Morgan fingerprint density at radius 2 is 1.69 bits per heavy atom. The van der Waals surface area contributed by atoms with Crippen LogP contribution in [0.2, 0.25) is 0 Å². The molecular formula is C18H14F3N3O4S. The van der Waals surface area contributed by atoms with Gasteiger partial charge in [0.15, 0.2) is 5.78 Å². The van der Waals surface area contributed by atoms with E-state index in [1.165, 1.54) is 24.3 Å². The van der Waals surface area contributed by atoms with Gasteiger partial charge in [-0.2, -0.15) is 18.2 Å². The van der Waals surface area contributed by atoms with Gasteiger partial charge in [0.25, 0.3) is 0 Å². The van der Waals surface area contributed by atoms with Crippen molar-refractivity contribution in [3.8, 4) is 11.4 Å². The van der Waals surface area contributed by atoms with Gasteiger partial charge in [-0.15, -0.1) is 0 Å². The molecule has 3 aromatic rings. The van der Waals surface area contributed by atoms with Gasteiger partial charge < -0.3 is 4.52 Å². The first-order valence-electron chi connectivity index (χ1n) is 8.20. The summed E-state index contributed by atoms with van der Waals surface area (Å²) in [5.74, 6) is -2.52. The fourth-order valence-electron chi connectivity index (χ4n) is 2.38. The van der Waals surface area contributed by atoms with Gasteiger partial charge in [-0.3, -0.25) is 4.79 Å². The number of carbonyl (C=O) groups is 1. The highest BCUT2D eigenvalue weighted by Crippen LogP contribution is 2.29. The predicted molar refractivity (Wildman–Crippen MR) is 96.1 cm³/mol. The Labute approximate surface area is 163 Å². The number of alkyl halides is 3. The normalized spacial score (nSPS) is 12.1. The average Bonchev–Trinajstić information content (AvgIpc) is 3.17. The maximum absolute atomic E-state index is 12.5. The largest absolute Gasteiger partial charge is 0.471 e. The number of carbonyl (C=O) groups excluding carboxylic acids is 1. The molecule has 7 nitrogen and oxygen atoms in total. The van der Waals surface area contributed by atoms with Crippen LogP contribution in [0.25, 0.3) is 11.4 Å². The van der Waals surface area contributed by atoms with Crippen LogP contribution < -0.4 is 4.72 Å². The Kier molecular flexibility index (Phi) is 5.80. The van der Waals surface area contributed by atoms with E-state index in [0.29, 0.717) is 5.56 Å². The molecule has 1 N–H and O–H groups in total. The van der Waals surface area contributed by atoms with Crippen molar-refractivity contribution in [2.45, 2.75) is 11.9 Å². The zero-order chi connectivity index (χ0) is 21.1. The molecule has 152 valence electrons. The molecule has 0 saturated heterocycles. The van der Waals surface area contributed by atoms with Crippen molar-refractivity contribution in [1.29, 1.82) is 0 Å². The van der Waals surface area contributed by atoms with E-state index in [-0.39, 0.29) is 22.7 Å². The van der Waals surface area contributed by atoms with Gasteiger partial charge in [0, 0.05) is 11.1 Å². The first kappa shape index (κ1) is 20.7. The van der Waals surface area contributed by atoms with Crippen LogP contribution in [-0.2, 0) is 22.0 Å². The zero-order valence-corrected chi connectivity index (χ0v) is 15.5. The van der Waals surface area contributed by atoms with Crippen molar-refractivity contribution in [1.82, 2.24) is 14.9 Å². The van der Waals surface area contributed by atoms with E-state index in [9.17, 15) is 26.4 Å². The summed E-state index contributed by atoms with van der Waals surface area (Å²) < 4.78 is 68.1. The smallest absolute Gasteiger partial charge is 0.329 e. The first-order valence-corrected chi connectivity index (χ1v) is 9.85. The molecule has 0 amide bonds. The molecule has 0 unspecified atom stereocenters. The quantitative estimate of drug-likeness (QED) is 0.584. The van der Waals surface area contributed by atoms with Crippen LogP contribution in [0.15, 0.2) is 59.1 Å². The van der Waals surface area contributed by atoms with Crippen LogP contribution in [0, 0.1) is 0 Å². The van der Waals surface area contributed by atoms with E-state index in [2.05, 4.69) is 19.4 Å². The molecule has 0 fully saturated rings. The fourth-order valence-corrected chi connectivity index (χ4v) is 3.47. The highest BCUT2D eigenvalue weighted by atomic mass is 32.2. The Balaban J connectivity index is 1.62. The number of ketones is 1. The second-order valence-corrected chi connectivity index (χ2v) is 7.79. The minimum absolute atomic E-state index is 0.177. The number of nitrogens with one attached hydrogen (secondary N) is 1. The third kappa shape index (κ3) is 5.48. The lowest BCUT2D eigenvalue weighted by Gasteiger charge is -2.07. The Morgan fingerprint density at radius 3 is 2.28 bits per heavy atom. The Hall–Kier alpha value is -3.05. The molecular weight excluding hydrogens is 411 g/mol. The molecule has 0 aliphatic rings. The van der Waals surface area contributed by atoms with E-state index in [1.807, 2.05) is 0 Å². The molecule has 2 aromatic carbocycles. The minimum Gasteiger partial charge on any atom is -0.329 e. The number of rotatable bonds is 7. The second-order valence-electron chi connectivity index (χ2n) is 5.99. The van der Waals surface area contributed by atoms with Crippen LogP contribution in [0.1, 0.15) is 21.8 Å². The van der Waals surface area contributed by atoms with Crippen molar-refractivity contribution < 1.29 is 30.9 Å². The van der Waals surface area contributed by atoms with Gasteiger partial charge in [-0.05, 0) is 5.56 Å². The molecule has 11 heteroatoms. The van der Waals surface area contributed by atoms with Crippen LogP contribution in [0.4, 0.5) is 13.2 Å². The summed E-state index contributed by atoms with van der Waals surface area (Å²) in [4.78, 5) is 15.5. The molecule has 0 aliphatic carbocycles. The van der Waals surface area contributed by atoms with E-state index in [4.69, 9.17) is 0 Å². The summed E-state index contributed by atoms with van der Waals surface area (Å²) in [5, 5.41) is 3.25. The number of benzene rings is 2. The summed E-state index contributed by atoms with van der Waals surface area (Å²) >= 11 is 0. The molecule has 0 radical (unpaired) electrons. The number of Topliss-reactive ketones (excluding diaryl/α,β-unsaturated/α-hetero) is 1. The zero-order valence-electron chi connectivity index (χ0n) is 14.7. The number of halogens is 3. The van der Waals surface area contributed by atoms with Gasteiger partial charge in [0.05, 0.1) is 12.3 Å². The van der Waals surface area contributed by atoms with Crippen molar-refractivity contribution >= 4 is 15.8 Å². The SMILES string of the molecule is O=C(CNS(=O)(=O)Cc1ccccc1)c1ccc(-c2noc(C(F)(F)F)n2)cc1. The van der Waals surface area contributed by atoms with E-state index < -0.39 is 34.4 Å². The highest BCUT2D eigenvalue weighted by Gasteiger charge is 2.38. The molecule has 29 heavy (non-hydrogen) atoms. The van der Waals surface area contributed by atoms with Gasteiger partial charge in [-0.1, -0.05) is 59.8 Å². The monoisotopic (exact) mass is 425 g/mol. The summed E-state index contributed by atoms with van der Waals surface area (Å²) in [5.41, 5.74) is 0.969. The van der Waals surface area contributed by atoms with Crippen LogP contribution in [0.3, 0.4) is 0 Å². The van der Waals surface area contributed by atoms with Gasteiger partial charge in [0.1, 0.15) is 0 Å². The molecule has 0 spiro atoms. The summed E-state index contributed by atoms with van der Waals surface area (Å²) in [6.45, 7) is -0.449. The molecule has 1 heterocycles. The summed E-state index contributed by atoms with van der Waals surface area (Å²) in [6.07, 6.45) is -4.75. The number of aromatic nitrogens is 2. The number of hydrogen-bond donors (Lipinski definition) is 1. The van der Waals surface area contributed by atoms with Gasteiger partial charge >= 0.3 is 12.1 Å². The van der Waals surface area contributed by atoms with Crippen LogP contribution in [-0.4, -0.2) is 30.9 Å². The summed E-state index contributed by atoms with van der Waals surface area (Å²) in [7, 11) is -3.71. The highest BCUT2D eigenvalue weighted by molar-refractivity contribution is 7.88. The lowest BCUT2D eigenvalue weighted by atomic mass is 10.1. The topological polar surface area (TPSA) is 102 Å². The fraction of sp³-hybridized carbons (Fsp3) is 0.167. The van der Waals surface area contributed by atoms with Crippen LogP contribution >= 0.6 is 0 Å². The molecule has 0 aliphatic heterocycles. The van der Waals surface area contributed by atoms with E-state index in [1.54, 1.807) is 30.3 Å². The van der Waals surface area contributed by atoms with E-state index in [0.717, 1.165) is 0 Å². The van der Waals surface area contributed by atoms with Gasteiger partial charge in [0.2, 0.25) is 15.8 Å². The number of hydrogen-bond acceptors (Lipinski definition) is 6. The lowest BCUT2D eigenvalue weighted by Crippen LogP contribution is -2.30.